The fourth-order valence-electron chi connectivity index (χ4n) is 4.04. The molecule has 0 aliphatic heterocycles. The lowest BCUT2D eigenvalue weighted by molar-refractivity contribution is -0.385. The van der Waals surface area contributed by atoms with E-state index in [1.807, 2.05) is 11.4 Å². The van der Waals surface area contributed by atoms with Crippen LogP contribution in [0.4, 0.5) is 10.7 Å². The summed E-state index contributed by atoms with van der Waals surface area (Å²) in [6.45, 7) is 1.58. The van der Waals surface area contributed by atoms with E-state index < -0.39 is 16.8 Å². The number of ether oxygens (including phenoxy) is 1. The number of benzene rings is 2. The van der Waals surface area contributed by atoms with Crippen molar-refractivity contribution in [1.82, 2.24) is 0 Å². The number of aryl methyl sites for hydroxylation is 3. The zero-order valence-corrected chi connectivity index (χ0v) is 18.6. The molecule has 0 radical (unpaired) electrons. The molecule has 0 saturated heterocycles. The highest BCUT2D eigenvalue weighted by Gasteiger charge is 2.24. The van der Waals surface area contributed by atoms with Crippen LogP contribution in [0.1, 0.15) is 50.2 Å². The van der Waals surface area contributed by atoms with Crippen molar-refractivity contribution in [2.45, 2.75) is 32.6 Å². The van der Waals surface area contributed by atoms with Crippen LogP contribution in [0.2, 0.25) is 0 Å². The summed E-state index contributed by atoms with van der Waals surface area (Å²) in [4.78, 5) is 36.0. The van der Waals surface area contributed by atoms with Gasteiger partial charge in [-0.1, -0.05) is 18.2 Å². The quantitative estimate of drug-likeness (QED) is 0.312. The van der Waals surface area contributed by atoms with Crippen molar-refractivity contribution in [3.05, 3.63) is 79.7 Å². The van der Waals surface area contributed by atoms with E-state index in [0.717, 1.165) is 24.8 Å². The first kappa shape index (κ1) is 21.7. The zero-order chi connectivity index (χ0) is 22.8. The number of nitro groups is 1. The van der Waals surface area contributed by atoms with Crippen molar-refractivity contribution >= 4 is 33.9 Å². The number of carbonyl (C=O) groups excluding carboxylic acids is 2. The maximum absolute atomic E-state index is 12.8. The monoisotopic (exact) mass is 450 g/mol. The number of fused-ring (bicyclic) bond motifs is 1. The molecule has 0 spiro atoms. The maximum atomic E-state index is 12.8. The van der Waals surface area contributed by atoms with Crippen molar-refractivity contribution in [3.8, 4) is 11.1 Å². The Bertz CT molecular complexity index is 1230. The number of nitrogens with one attached hydrogen (secondary N) is 1. The third-order valence-electron chi connectivity index (χ3n) is 5.72. The summed E-state index contributed by atoms with van der Waals surface area (Å²) in [6.07, 6.45) is 4.43. The highest BCUT2D eigenvalue weighted by molar-refractivity contribution is 7.15. The maximum Gasteiger partial charge on any atom is 0.341 e. The van der Waals surface area contributed by atoms with E-state index in [9.17, 15) is 19.7 Å². The molecule has 3 aromatic rings. The van der Waals surface area contributed by atoms with E-state index >= 15 is 0 Å². The number of carbonyl (C=O) groups is 2. The largest absolute Gasteiger partial charge is 0.465 e. The molecule has 0 saturated carbocycles. The summed E-state index contributed by atoms with van der Waals surface area (Å²) in [7, 11) is 1.31. The Morgan fingerprint density at radius 1 is 1.09 bits per heavy atom. The second-order valence-corrected chi connectivity index (χ2v) is 8.63. The molecule has 1 aromatic heterocycles. The molecule has 1 aliphatic rings. The normalized spacial score (nSPS) is 12.7. The van der Waals surface area contributed by atoms with Gasteiger partial charge < -0.3 is 10.1 Å². The number of nitro benzene ring substituents is 1. The van der Waals surface area contributed by atoms with Gasteiger partial charge in [-0.3, -0.25) is 14.9 Å². The molecule has 0 bridgehead atoms. The van der Waals surface area contributed by atoms with Crippen molar-refractivity contribution < 1.29 is 19.2 Å². The Morgan fingerprint density at radius 2 is 1.84 bits per heavy atom. The lowest BCUT2D eigenvalue weighted by Gasteiger charge is -2.16. The fourth-order valence-corrected chi connectivity index (χ4v) is 5.00. The van der Waals surface area contributed by atoms with Crippen LogP contribution in [-0.4, -0.2) is 23.9 Å². The summed E-state index contributed by atoms with van der Waals surface area (Å²) in [5, 5.41) is 16.0. The van der Waals surface area contributed by atoms with Crippen LogP contribution in [0.5, 0.6) is 0 Å². The molecule has 4 rings (SSSR count). The molecule has 1 N–H and O–H groups in total. The Kier molecular flexibility index (Phi) is 6.05. The van der Waals surface area contributed by atoms with Crippen LogP contribution in [0.3, 0.4) is 0 Å². The summed E-state index contributed by atoms with van der Waals surface area (Å²) in [6, 6.07) is 10.4. The minimum Gasteiger partial charge on any atom is -0.465 e. The highest BCUT2D eigenvalue weighted by Crippen LogP contribution is 2.38. The molecule has 1 amide bonds. The minimum absolute atomic E-state index is 0.0531. The Balaban J connectivity index is 1.67. The van der Waals surface area contributed by atoms with Gasteiger partial charge in [0.2, 0.25) is 0 Å². The Hall–Kier alpha value is -3.52. The van der Waals surface area contributed by atoms with Gasteiger partial charge in [0.1, 0.15) is 10.6 Å². The van der Waals surface area contributed by atoms with Gasteiger partial charge in [0.15, 0.2) is 0 Å². The Morgan fingerprint density at radius 3 is 2.53 bits per heavy atom. The lowest BCUT2D eigenvalue weighted by Crippen LogP contribution is -2.14. The second-order valence-electron chi connectivity index (χ2n) is 7.75. The van der Waals surface area contributed by atoms with Crippen LogP contribution in [0.15, 0.2) is 41.8 Å². The molecule has 0 atom stereocenters. The molecule has 7 nitrogen and oxygen atoms in total. The third-order valence-corrected chi connectivity index (χ3v) is 6.62. The average molecular weight is 451 g/mol. The summed E-state index contributed by atoms with van der Waals surface area (Å²) in [5.74, 6) is -0.985. The van der Waals surface area contributed by atoms with E-state index in [1.165, 1.54) is 54.2 Å². The first-order chi connectivity index (χ1) is 15.4. The minimum atomic E-state index is -0.533. The predicted molar refractivity (Wildman–Crippen MR) is 124 cm³/mol. The summed E-state index contributed by atoms with van der Waals surface area (Å²) >= 11 is 1.25. The van der Waals surface area contributed by atoms with Gasteiger partial charge in [-0.25, -0.2) is 4.79 Å². The van der Waals surface area contributed by atoms with Crippen molar-refractivity contribution in [1.29, 1.82) is 0 Å². The number of hydrogen-bond donors (Lipinski definition) is 1. The molecule has 0 fully saturated rings. The number of rotatable bonds is 5. The van der Waals surface area contributed by atoms with Gasteiger partial charge in [0.25, 0.3) is 11.6 Å². The molecule has 164 valence electrons. The number of hydrogen-bond acceptors (Lipinski definition) is 6. The zero-order valence-electron chi connectivity index (χ0n) is 17.8. The van der Waals surface area contributed by atoms with E-state index in [2.05, 4.69) is 17.4 Å². The fraction of sp³-hybridized carbons (Fsp3) is 0.250. The van der Waals surface area contributed by atoms with Crippen LogP contribution < -0.4 is 5.32 Å². The molecule has 32 heavy (non-hydrogen) atoms. The van der Waals surface area contributed by atoms with E-state index in [-0.39, 0.29) is 11.3 Å². The molecular formula is C24H22N2O5S. The van der Waals surface area contributed by atoms with Crippen molar-refractivity contribution in [3.63, 3.8) is 0 Å². The second kappa shape index (κ2) is 8.92. The van der Waals surface area contributed by atoms with E-state index in [0.29, 0.717) is 21.7 Å². The molecule has 0 unspecified atom stereocenters. The lowest BCUT2D eigenvalue weighted by atomic mass is 9.89. The van der Waals surface area contributed by atoms with Gasteiger partial charge in [0.05, 0.1) is 12.0 Å². The van der Waals surface area contributed by atoms with Crippen LogP contribution in [-0.2, 0) is 17.6 Å². The summed E-state index contributed by atoms with van der Waals surface area (Å²) in [5.41, 5.74) is 5.17. The van der Waals surface area contributed by atoms with E-state index in [4.69, 9.17) is 4.74 Å². The van der Waals surface area contributed by atoms with Crippen molar-refractivity contribution in [2.24, 2.45) is 0 Å². The Labute approximate surface area is 189 Å². The summed E-state index contributed by atoms with van der Waals surface area (Å²) < 4.78 is 5.00. The molecular weight excluding hydrogens is 428 g/mol. The van der Waals surface area contributed by atoms with Crippen molar-refractivity contribution in [2.75, 3.05) is 12.4 Å². The SMILES string of the molecule is COC(=O)c1c(-c2ccc3c(c2)CCCC3)csc1NC(=O)c1ccc([N+](=O)[O-])c(C)c1. The highest BCUT2D eigenvalue weighted by atomic mass is 32.1. The van der Waals surface area contributed by atoms with Crippen LogP contribution >= 0.6 is 11.3 Å². The van der Waals surface area contributed by atoms with Crippen LogP contribution in [0.25, 0.3) is 11.1 Å². The topological polar surface area (TPSA) is 98.5 Å². The van der Waals surface area contributed by atoms with Gasteiger partial charge >= 0.3 is 5.97 Å². The number of amides is 1. The van der Waals surface area contributed by atoms with Gasteiger partial charge in [-0.2, -0.15) is 0 Å². The average Bonchev–Trinajstić information content (AvgIpc) is 3.21. The molecule has 2 aromatic carbocycles. The first-order valence-corrected chi connectivity index (χ1v) is 11.2. The number of nitrogens with zero attached hydrogens (tertiary/aromatic N) is 1. The third kappa shape index (κ3) is 4.13. The van der Waals surface area contributed by atoms with Crippen LogP contribution in [0, 0.1) is 17.0 Å². The number of methoxy groups -OCH3 is 1. The molecule has 1 heterocycles. The van der Waals surface area contributed by atoms with Gasteiger partial charge in [-0.15, -0.1) is 11.3 Å². The van der Waals surface area contributed by atoms with Gasteiger partial charge in [0, 0.05) is 28.1 Å². The smallest absolute Gasteiger partial charge is 0.341 e. The number of thiophene rings is 1. The first-order valence-electron chi connectivity index (χ1n) is 10.3. The number of esters is 1. The standard InChI is InChI=1S/C24H22N2O5S/c1-14-11-18(9-10-20(14)26(29)30)22(27)25-23-21(24(28)31-2)19(13-32-23)17-8-7-15-5-3-4-6-16(15)12-17/h7-13H,3-6H2,1-2H3,(H,25,27). The molecule has 8 heteroatoms. The van der Waals surface area contributed by atoms with Gasteiger partial charge in [-0.05, 0) is 61.4 Å². The number of anilines is 1. The predicted octanol–water partition coefficient (Wildman–Crippen LogP) is 5.55. The molecule has 1 aliphatic carbocycles. The van der Waals surface area contributed by atoms with E-state index in [1.54, 1.807) is 6.92 Å².